The van der Waals surface area contributed by atoms with E-state index in [0.29, 0.717) is 17.5 Å². The zero-order valence-electron chi connectivity index (χ0n) is 11.1. The van der Waals surface area contributed by atoms with Crippen LogP contribution in [-0.4, -0.2) is 24.2 Å². The van der Waals surface area contributed by atoms with E-state index in [9.17, 15) is 0 Å². The molecule has 2 unspecified atom stereocenters. The van der Waals surface area contributed by atoms with Crippen molar-refractivity contribution in [2.45, 2.75) is 32.4 Å². The second kappa shape index (κ2) is 4.78. The summed E-state index contributed by atoms with van der Waals surface area (Å²) in [5.74, 6) is 3.56. The van der Waals surface area contributed by atoms with Crippen LogP contribution in [0.2, 0.25) is 0 Å². The van der Waals surface area contributed by atoms with Gasteiger partial charge in [-0.1, -0.05) is 32.0 Å². The van der Waals surface area contributed by atoms with Gasteiger partial charge in [0.25, 0.3) is 0 Å². The summed E-state index contributed by atoms with van der Waals surface area (Å²) in [5, 5.41) is 3.82. The maximum absolute atomic E-state index is 5.75. The first-order chi connectivity index (χ1) is 8.67. The molecule has 1 aromatic rings. The monoisotopic (exact) mass is 263 g/mol. The third kappa shape index (κ3) is 2.26. The molecule has 1 saturated heterocycles. The van der Waals surface area contributed by atoms with E-state index in [4.69, 9.17) is 4.74 Å². The zero-order chi connectivity index (χ0) is 12.6. The highest BCUT2D eigenvalue weighted by atomic mass is 32.2. The number of nitrogens with one attached hydrogen (secondary N) is 1. The van der Waals surface area contributed by atoms with Crippen LogP contribution in [0.15, 0.2) is 24.3 Å². The Balaban J connectivity index is 1.74. The highest BCUT2D eigenvalue weighted by Gasteiger charge is 2.35. The number of hydrogen-bond donors (Lipinski definition) is 1. The van der Waals surface area contributed by atoms with Gasteiger partial charge in [0.15, 0.2) is 0 Å². The van der Waals surface area contributed by atoms with E-state index < -0.39 is 0 Å². The molecule has 2 aliphatic rings. The van der Waals surface area contributed by atoms with Crippen molar-refractivity contribution in [2.75, 3.05) is 18.1 Å². The van der Waals surface area contributed by atoms with Crippen LogP contribution in [0.5, 0.6) is 5.75 Å². The molecule has 2 nitrogen and oxygen atoms in total. The van der Waals surface area contributed by atoms with Crippen molar-refractivity contribution in [3.05, 3.63) is 29.8 Å². The molecule has 0 bridgehead atoms. The third-order valence-corrected chi connectivity index (χ3v) is 5.28. The molecule has 0 spiro atoms. The number of fused-ring (bicyclic) bond motifs is 1. The minimum Gasteiger partial charge on any atom is -0.491 e. The van der Waals surface area contributed by atoms with E-state index in [2.05, 4.69) is 49.1 Å². The highest BCUT2D eigenvalue weighted by molar-refractivity contribution is 7.99. The molecule has 2 atom stereocenters. The quantitative estimate of drug-likeness (QED) is 0.885. The van der Waals surface area contributed by atoms with Gasteiger partial charge >= 0.3 is 0 Å². The average molecular weight is 263 g/mol. The molecule has 98 valence electrons. The molecule has 0 saturated carbocycles. The van der Waals surface area contributed by atoms with Crippen molar-refractivity contribution in [1.29, 1.82) is 0 Å². The molecule has 0 aromatic heterocycles. The normalized spacial score (nSPS) is 29.7. The summed E-state index contributed by atoms with van der Waals surface area (Å²) in [6.07, 6.45) is 1.30. The number of ether oxygens (including phenoxy) is 1. The molecular formula is C15H21NOS. The van der Waals surface area contributed by atoms with Crippen LogP contribution in [0.4, 0.5) is 0 Å². The maximum atomic E-state index is 5.75. The Morgan fingerprint density at radius 3 is 3.00 bits per heavy atom. The number of thioether (sulfide) groups is 1. The number of rotatable bonds is 2. The summed E-state index contributed by atoms with van der Waals surface area (Å²) in [4.78, 5) is 0. The molecular weight excluding hydrogens is 242 g/mol. The third-order valence-electron chi connectivity index (χ3n) is 4.22. The van der Waals surface area contributed by atoms with Gasteiger partial charge in [-0.2, -0.15) is 11.8 Å². The maximum Gasteiger partial charge on any atom is 0.124 e. The second-order valence-corrected chi connectivity index (χ2v) is 7.08. The van der Waals surface area contributed by atoms with E-state index in [1.54, 1.807) is 0 Å². The molecule has 18 heavy (non-hydrogen) atoms. The van der Waals surface area contributed by atoms with Gasteiger partial charge in [0.2, 0.25) is 0 Å². The lowest BCUT2D eigenvalue weighted by molar-refractivity contribution is 0.211. The van der Waals surface area contributed by atoms with E-state index in [1.807, 2.05) is 6.07 Å². The first-order valence-electron chi connectivity index (χ1n) is 6.72. The SMILES string of the molecule is CC1(C)CCSCC1NC1COc2ccccc21. The van der Waals surface area contributed by atoms with E-state index in [1.165, 1.54) is 23.5 Å². The Bertz CT molecular complexity index is 432. The number of benzene rings is 1. The Morgan fingerprint density at radius 1 is 1.33 bits per heavy atom. The molecule has 2 heterocycles. The second-order valence-electron chi connectivity index (χ2n) is 5.93. The fourth-order valence-electron chi connectivity index (χ4n) is 2.75. The van der Waals surface area contributed by atoms with Crippen molar-refractivity contribution in [3.8, 4) is 5.75 Å². The fourth-order valence-corrected chi connectivity index (χ4v) is 4.37. The van der Waals surface area contributed by atoms with Crippen LogP contribution in [0, 0.1) is 5.41 Å². The predicted molar refractivity (Wildman–Crippen MR) is 77.3 cm³/mol. The smallest absolute Gasteiger partial charge is 0.124 e. The summed E-state index contributed by atoms with van der Waals surface area (Å²) >= 11 is 2.07. The molecule has 0 amide bonds. The van der Waals surface area contributed by atoms with Gasteiger partial charge in [-0.05, 0) is 23.7 Å². The molecule has 1 fully saturated rings. The molecule has 1 N–H and O–H groups in total. The fraction of sp³-hybridized carbons (Fsp3) is 0.600. The van der Waals surface area contributed by atoms with Crippen LogP contribution < -0.4 is 10.1 Å². The van der Waals surface area contributed by atoms with Gasteiger partial charge in [-0.3, -0.25) is 0 Å². The van der Waals surface area contributed by atoms with Gasteiger partial charge in [-0.25, -0.2) is 0 Å². The largest absolute Gasteiger partial charge is 0.491 e. The molecule has 0 radical (unpaired) electrons. The van der Waals surface area contributed by atoms with Gasteiger partial charge < -0.3 is 10.1 Å². The van der Waals surface area contributed by atoms with Crippen LogP contribution in [0.25, 0.3) is 0 Å². The van der Waals surface area contributed by atoms with Gasteiger partial charge in [-0.15, -0.1) is 0 Å². The van der Waals surface area contributed by atoms with Crippen LogP contribution in [0.1, 0.15) is 31.9 Å². The highest BCUT2D eigenvalue weighted by Crippen LogP contribution is 2.38. The van der Waals surface area contributed by atoms with Crippen LogP contribution in [-0.2, 0) is 0 Å². The summed E-state index contributed by atoms with van der Waals surface area (Å²) in [6, 6.07) is 9.34. The summed E-state index contributed by atoms with van der Waals surface area (Å²) in [5.41, 5.74) is 1.71. The standard InChI is InChI=1S/C15H21NOS/c1-15(2)7-8-18-10-14(15)16-12-9-17-13-6-4-3-5-11(12)13/h3-6,12,14,16H,7-10H2,1-2H3. The topological polar surface area (TPSA) is 21.3 Å². The van der Waals surface area contributed by atoms with E-state index in [-0.39, 0.29) is 0 Å². The first-order valence-corrected chi connectivity index (χ1v) is 7.88. The van der Waals surface area contributed by atoms with E-state index in [0.717, 1.165) is 12.4 Å². The number of para-hydroxylation sites is 1. The Morgan fingerprint density at radius 2 is 2.17 bits per heavy atom. The Labute approximate surface area is 113 Å². The van der Waals surface area contributed by atoms with Crippen LogP contribution >= 0.6 is 11.8 Å². The lowest BCUT2D eigenvalue weighted by Crippen LogP contribution is -2.48. The van der Waals surface area contributed by atoms with Crippen molar-refractivity contribution >= 4 is 11.8 Å². The van der Waals surface area contributed by atoms with Crippen molar-refractivity contribution in [2.24, 2.45) is 5.41 Å². The summed E-state index contributed by atoms with van der Waals surface area (Å²) in [6.45, 7) is 5.54. The predicted octanol–water partition coefficient (Wildman–Crippen LogP) is 3.24. The molecule has 2 aliphatic heterocycles. The Kier molecular flexibility index (Phi) is 3.29. The summed E-state index contributed by atoms with van der Waals surface area (Å²) < 4.78 is 5.75. The van der Waals surface area contributed by atoms with Crippen LogP contribution in [0.3, 0.4) is 0 Å². The van der Waals surface area contributed by atoms with E-state index >= 15 is 0 Å². The van der Waals surface area contributed by atoms with Gasteiger partial charge in [0.1, 0.15) is 12.4 Å². The van der Waals surface area contributed by atoms with Crippen molar-refractivity contribution < 1.29 is 4.74 Å². The minimum atomic E-state index is 0.365. The van der Waals surface area contributed by atoms with Gasteiger partial charge in [0.05, 0.1) is 6.04 Å². The van der Waals surface area contributed by atoms with Crippen molar-refractivity contribution in [1.82, 2.24) is 5.32 Å². The first kappa shape index (κ1) is 12.4. The average Bonchev–Trinajstić information content (AvgIpc) is 2.75. The lowest BCUT2D eigenvalue weighted by atomic mass is 9.81. The van der Waals surface area contributed by atoms with Crippen molar-refractivity contribution in [3.63, 3.8) is 0 Å². The zero-order valence-corrected chi connectivity index (χ0v) is 11.9. The van der Waals surface area contributed by atoms with Gasteiger partial charge in [0, 0.05) is 17.4 Å². The molecule has 0 aliphatic carbocycles. The minimum absolute atomic E-state index is 0.365. The number of hydrogen-bond acceptors (Lipinski definition) is 3. The lowest BCUT2D eigenvalue weighted by Gasteiger charge is -2.40. The Hall–Kier alpha value is -0.670. The summed E-state index contributed by atoms with van der Waals surface area (Å²) in [7, 11) is 0. The molecule has 3 rings (SSSR count). The molecule has 1 aromatic carbocycles. The molecule has 3 heteroatoms.